The summed E-state index contributed by atoms with van der Waals surface area (Å²) in [4.78, 5) is 6.65. The Morgan fingerprint density at radius 1 is 1.47 bits per heavy atom. The Kier molecular flexibility index (Phi) is 4.42. The number of anilines is 1. The van der Waals surface area contributed by atoms with Crippen molar-refractivity contribution in [1.82, 2.24) is 9.71 Å². The zero-order valence-corrected chi connectivity index (χ0v) is 12.3. The van der Waals surface area contributed by atoms with Gasteiger partial charge in [-0.2, -0.15) is 0 Å². The van der Waals surface area contributed by atoms with Gasteiger partial charge in [-0.25, -0.2) is 18.1 Å². The van der Waals surface area contributed by atoms with Crippen LogP contribution in [0.3, 0.4) is 0 Å². The Bertz CT molecular complexity index is 530. The third-order valence-corrected chi connectivity index (χ3v) is 4.80. The first-order chi connectivity index (χ1) is 9.00. The minimum atomic E-state index is -3.13. The summed E-state index contributed by atoms with van der Waals surface area (Å²) in [6.45, 7) is 5.24. The van der Waals surface area contributed by atoms with Gasteiger partial charge in [-0.3, -0.25) is 0 Å². The molecule has 1 atom stereocenters. The van der Waals surface area contributed by atoms with Crippen LogP contribution in [0.2, 0.25) is 0 Å². The fourth-order valence-electron chi connectivity index (χ4n) is 2.32. The molecule has 0 aliphatic carbocycles. The topological polar surface area (TPSA) is 62.3 Å². The summed E-state index contributed by atoms with van der Waals surface area (Å²) < 4.78 is 26.0. The molecule has 1 aromatic rings. The number of pyridine rings is 1. The molecule has 0 saturated carbocycles. The number of nitrogens with one attached hydrogen (secondary N) is 1. The Morgan fingerprint density at radius 3 is 2.95 bits per heavy atom. The molecule has 1 fully saturated rings. The zero-order chi connectivity index (χ0) is 13.9. The summed E-state index contributed by atoms with van der Waals surface area (Å²) in [5.41, 5.74) is 0.980. The first-order valence-corrected chi connectivity index (χ1v) is 8.34. The Balaban J connectivity index is 2.05. The molecule has 1 unspecified atom stereocenters. The van der Waals surface area contributed by atoms with Crippen LogP contribution in [0.4, 0.5) is 5.82 Å². The van der Waals surface area contributed by atoms with Gasteiger partial charge in [0.15, 0.2) is 0 Å². The Labute approximate surface area is 115 Å². The summed E-state index contributed by atoms with van der Waals surface area (Å²) in [5.74, 6) is 1.06. The van der Waals surface area contributed by atoms with E-state index in [1.807, 2.05) is 25.1 Å². The third kappa shape index (κ3) is 3.91. The van der Waals surface area contributed by atoms with E-state index in [0.717, 1.165) is 30.9 Å². The molecule has 6 heteroatoms. The van der Waals surface area contributed by atoms with Crippen molar-refractivity contribution in [3.8, 4) is 0 Å². The van der Waals surface area contributed by atoms with Crippen molar-refractivity contribution < 1.29 is 8.42 Å². The van der Waals surface area contributed by atoms with Gasteiger partial charge in [0.25, 0.3) is 0 Å². The maximum absolute atomic E-state index is 11.6. The summed E-state index contributed by atoms with van der Waals surface area (Å²) in [6.07, 6.45) is 1.87. The normalized spacial score (nSPS) is 20.5. The largest absolute Gasteiger partial charge is 0.355 e. The average molecular weight is 283 g/mol. The number of piperidine rings is 1. The van der Waals surface area contributed by atoms with Crippen LogP contribution in [-0.2, 0) is 10.0 Å². The highest BCUT2D eigenvalue weighted by molar-refractivity contribution is 7.89. The highest BCUT2D eigenvalue weighted by Crippen LogP contribution is 2.18. The molecule has 0 spiro atoms. The molecule has 1 N–H and O–H groups in total. The second-order valence-corrected chi connectivity index (χ2v) is 6.99. The molecular formula is C13H21N3O2S. The third-order valence-electron chi connectivity index (χ3n) is 3.35. The van der Waals surface area contributed by atoms with Crippen LogP contribution >= 0.6 is 0 Å². The van der Waals surface area contributed by atoms with E-state index in [1.54, 1.807) is 6.92 Å². The molecule has 0 amide bonds. The van der Waals surface area contributed by atoms with E-state index in [2.05, 4.69) is 14.6 Å². The van der Waals surface area contributed by atoms with Crippen molar-refractivity contribution in [2.45, 2.75) is 32.7 Å². The molecule has 1 aromatic heterocycles. The van der Waals surface area contributed by atoms with E-state index in [1.165, 1.54) is 0 Å². The van der Waals surface area contributed by atoms with E-state index < -0.39 is 10.0 Å². The lowest BCUT2D eigenvalue weighted by molar-refractivity contribution is 0.464. The van der Waals surface area contributed by atoms with E-state index in [4.69, 9.17) is 0 Å². The van der Waals surface area contributed by atoms with Gasteiger partial charge < -0.3 is 4.90 Å². The highest BCUT2D eigenvalue weighted by Gasteiger charge is 2.24. The quantitative estimate of drug-likeness (QED) is 0.904. The molecule has 0 aromatic carbocycles. The summed E-state index contributed by atoms with van der Waals surface area (Å²) in [6, 6.07) is 5.91. The van der Waals surface area contributed by atoms with Crippen LogP contribution in [-0.4, -0.2) is 38.3 Å². The van der Waals surface area contributed by atoms with Gasteiger partial charge in [-0.05, 0) is 38.8 Å². The van der Waals surface area contributed by atoms with Crippen LogP contribution in [0.5, 0.6) is 0 Å². The van der Waals surface area contributed by atoms with Crippen molar-refractivity contribution in [2.75, 3.05) is 23.7 Å². The lowest BCUT2D eigenvalue weighted by Gasteiger charge is -2.33. The van der Waals surface area contributed by atoms with Crippen molar-refractivity contribution in [1.29, 1.82) is 0 Å². The van der Waals surface area contributed by atoms with Crippen molar-refractivity contribution in [3.05, 3.63) is 23.9 Å². The van der Waals surface area contributed by atoms with Gasteiger partial charge in [0.2, 0.25) is 10.0 Å². The van der Waals surface area contributed by atoms with Gasteiger partial charge >= 0.3 is 0 Å². The SMILES string of the molecule is CCS(=O)(=O)NC1CCCN(c2cccc(C)n2)C1. The molecule has 1 aliphatic rings. The molecule has 0 radical (unpaired) electrons. The zero-order valence-electron chi connectivity index (χ0n) is 11.5. The maximum atomic E-state index is 11.6. The van der Waals surface area contributed by atoms with Crippen molar-refractivity contribution in [2.24, 2.45) is 0 Å². The van der Waals surface area contributed by atoms with E-state index in [-0.39, 0.29) is 11.8 Å². The fraction of sp³-hybridized carbons (Fsp3) is 0.615. The Morgan fingerprint density at radius 2 is 2.26 bits per heavy atom. The monoisotopic (exact) mass is 283 g/mol. The molecule has 106 valence electrons. The Hall–Kier alpha value is -1.14. The molecule has 19 heavy (non-hydrogen) atoms. The number of hydrogen-bond donors (Lipinski definition) is 1. The van der Waals surface area contributed by atoms with Crippen LogP contribution in [0.25, 0.3) is 0 Å². The summed E-state index contributed by atoms with van der Waals surface area (Å²) >= 11 is 0. The van der Waals surface area contributed by atoms with Crippen LogP contribution in [0, 0.1) is 6.92 Å². The minimum absolute atomic E-state index is 0.0130. The molecule has 1 saturated heterocycles. The first-order valence-electron chi connectivity index (χ1n) is 6.69. The standard InChI is InChI=1S/C13H21N3O2S/c1-3-19(17,18)15-12-7-5-9-16(10-12)13-8-4-6-11(2)14-13/h4,6,8,12,15H,3,5,7,9-10H2,1-2H3. The summed E-state index contributed by atoms with van der Waals surface area (Å²) in [5, 5.41) is 0. The van der Waals surface area contributed by atoms with Crippen LogP contribution in [0.1, 0.15) is 25.5 Å². The predicted octanol–water partition coefficient (Wildman–Crippen LogP) is 1.30. The molecule has 2 rings (SSSR count). The molecule has 0 bridgehead atoms. The van der Waals surface area contributed by atoms with E-state index in [9.17, 15) is 8.42 Å². The van der Waals surface area contributed by atoms with Gasteiger partial charge in [0.1, 0.15) is 5.82 Å². The fourth-order valence-corrected chi connectivity index (χ4v) is 3.19. The average Bonchev–Trinajstić information content (AvgIpc) is 2.38. The summed E-state index contributed by atoms with van der Waals surface area (Å²) in [7, 11) is -3.13. The molecule has 5 nitrogen and oxygen atoms in total. The van der Waals surface area contributed by atoms with Crippen LogP contribution in [0.15, 0.2) is 18.2 Å². The highest BCUT2D eigenvalue weighted by atomic mass is 32.2. The molecule has 2 heterocycles. The predicted molar refractivity (Wildman–Crippen MR) is 76.8 cm³/mol. The molecule has 1 aliphatic heterocycles. The lowest BCUT2D eigenvalue weighted by Crippen LogP contribution is -2.48. The molecular weight excluding hydrogens is 262 g/mol. The number of sulfonamides is 1. The van der Waals surface area contributed by atoms with Gasteiger partial charge in [0.05, 0.1) is 5.75 Å². The van der Waals surface area contributed by atoms with Crippen molar-refractivity contribution in [3.63, 3.8) is 0 Å². The van der Waals surface area contributed by atoms with Gasteiger partial charge in [-0.1, -0.05) is 6.07 Å². The van der Waals surface area contributed by atoms with E-state index in [0.29, 0.717) is 6.54 Å². The number of aryl methyl sites for hydroxylation is 1. The van der Waals surface area contributed by atoms with Crippen molar-refractivity contribution >= 4 is 15.8 Å². The first kappa shape index (κ1) is 14.3. The number of aromatic nitrogens is 1. The number of nitrogens with zero attached hydrogens (tertiary/aromatic N) is 2. The number of hydrogen-bond acceptors (Lipinski definition) is 4. The second kappa shape index (κ2) is 5.88. The van der Waals surface area contributed by atoms with Gasteiger partial charge in [-0.15, -0.1) is 0 Å². The van der Waals surface area contributed by atoms with E-state index >= 15 is 0 Å². The van der Waals surface area contributed by atoms with Gasteiger partial charge in [0, 0.05) is 24.8 Å². The second-order valence-electron chi connectivity index (χ2n) is 4.94. The number of rotatable bonds is 4. The lowest BCUT2D eigenvalue weighted by atomic mass is 10.1. The minimum Gasteiger partial charge on any atom is -0.355 e. The maximum Gasteiger partial charge on any atom is 0.211 e. The van der Waals surface area contributed by atoms with Crippen LogP contribution < -0.4 is 9.62 Å². The smallest absolute Gasteiger partial charge is 0.211 e.